The molecule has 9 heteroatoms. The van der Waals surface area contributed by atoms with Crippen LogP contribution in [0.5, 0.6) is 0 Å². The molecule has 8 nitrogen and oxygen atoms in total. The summed E-state index contributed by atoms with van der Waals surface area (Å²) in [6, 6.07) is 12.4. The molecule has 4 N–H and O–H groups in total. The molecule has 0 aliphatic carbocycles. The number of anilines is 3. The standard InChI is InChI=1S/C18H19N5O3S/c19-13-4-1-3-12(9-13)10-17(24)20-18-15-11-14(5-6-16(15)21-22-18)23-7-2-8-27(23,25)26/h1,3-6,9,11H,2,7-8,10,19H2,(H2,20,21,22,24). The summed E-state index contributed by atoms with van der Waals surface area (Å²) in [5, 5.41) is 10.4. The lowest BCUT2D eigenvalue weighted by Crippen LogP contribution is -2.24. The number of aromatic nitrogens is 2. The van der Waals surface area contributed by atoms with Gasteiger partial charge in [-0.2, -0.15) is 5.10 Å². The Hall–Kier alpha value is -3.07. The summed E-state index contributed by atoms with van der Waals surface area (Å²) in [4.78, 5) is 12.4. The number of rotatable bonds is 4. The van der Waals surface area contributed by atoms with Crippen molar-refractivity contribution in [3.63, 3.8) is 0 Å². The fourth-order valence-corrected chi connectivity index (χ4v) is 4.80. The Bertz CT molecular complexity index is 1120. The highest BCUT2D eigenvalue weighted by Gasteiger charge is 2.28. The zero-order chi connectivity index (χ0) is 19.0. The molecule has 0 bridgehead atoms. The highest BCUT2D eigenvalue weighted by molar-refractivity contribution is 7.93. The fraction of sp³-hybridized carbons (Fsp3) is 0.222. The summed E-state index contributed by atoms with van der Waals surface area (Å²) >= 11 is 0. The third kappa shape index (κ3) is 3.45. The maximum Gasteiger partial charge on any atom is 0.235 e. The van der Waals surface area contributed by atoms with Gasteiger partial charge in [0.05, 0.1) is 23.4 Å². The zero-order valence-corrected chi connectivity index (χ0v) is 15.3. The SMILES string of the molecule is Nc1cccc(CC(=O)Nc2n[nH]c3ccc(N4CCCS4(=O)=O)cc23)c1. The first-order valence-electron chi connectivity index (χ1n) is 8.55. The first-order chi connectivity index (χ1) is 12.9. The largest absolute Gasteiger partial charge is 0.399 e. The number of nitrogen functional groups attached to an aromatic ring is 1. The van der Waals surface area contributed by atoms with E-state index in [0.29, 0.717) is 35.5 Å². The van der Waals surface area contributed by atoms with Crippen molar-refractivity contribution >= 4 is 44.0 Å². The summed E-state index contributed by atoms with van der Waals surface area (Å²) in [5.41, 5.74) is 8.44. The van der Waals surface area contributed by atoms with Crippen molar-refractivity contribution in [2.24, 2.45) is 0 Å². The van der Waals surface area contributed by atoms with Gasteiger partial charge < -0.3 is 11.1 Å². The zero-order valence-electron chi connectivity index (χ0n) is 14.5. The lowest BCUT2D eigenvalue weighted by Gasteiger charge is -2.16. The number of benzene rings is 2. The van der Waals surface area contributed by atoms with Gasteiger partial charge in [-0.1, -0.05) is 12.1 Å². The van der Waals surface area contributed by atoms with Crippen LogP contribution in [0, 0.1) is 0 Å². The van der Waals surface area contributed by atoms with Gasteiger partial charge in [-0.05, 0) is 42.3 Å². The topological polar surface area (TPSA) is 121 Å². The Labute approximate surface area is 156 Å². The van der Waals surface area contributed by atoms with Crippen molar-refractivity contribution in [2.45, 2.75) is 12.8 Å². The van der Waals surface area contributed by atoms with Gasteiger partial charge in [0.1, 0.15) is 0 Å². The fourth-order valence-electron chi connectivity index (χ4n) is 3.25. The Morgan fingerprint density at radius 2 is 2.11 bits per heavy atom. The first kappa shape index (κ1) is 17.3. The van der Waals surface area contributed by atoms with Crippen molar-refractivity contribution in [1.82, 2.24) is 10.2 Å². The molecule has 1 fully saturated rings. The molecule has 0 atom stereocenters. The summed E-state index contributed by atoms with van der Waals surface area (Å²) in [7, 11) is -3.27. The maximum absolute atomic E-state index is 12.4. The molecule has 4 rings (SSSR count). The van der Waals surface area contributed by atoms with E-state index >= 15 is 0 Å². The molecule has 1 aromatic heterocycles. The number of nitrogens with two attached hydrogens (primary N) is 1. The van der Waals surface area contributed by atoms with Crippen LogP contribution in [-0.2, 0) is 21.2 Å². The molecular weight excluding hydrogens is 366 g/mol. The predicted octanol–water partition coefficient (Wildman–Crippen LogP) is 1.87. The van der Waals surface area contributed by atoms with Gasteiger partial charge in [0, 0.05) is 17.6 Å². The lowest BCUT2D eigenvalue weighted by atomic mass is 10.1. The van der Waals surface area contributed by atoms with Gasteiger partial charge in [0.2, 0.25) is 15.9 Å². The number of H-pyrrole nitrogens is 1. The van der Waals surface area contributed by atoms with E-state index in [0.717, 1.165) is 11.1 Å². The minimum atomic E-state index is -3.27. The number of hydrogen-bond acceptors (Lipinski definition) is 5. The van der Waals surface area contributed by atoms with Crippen LogP contribution in [0.25, 0.3) is 10.9 Å². The van der Waals surface area contributed by atoms with Gasteiger partial charge in [-0.3, -0.25) is 14.2 Å². The Balaban J connectivity index is 1.59. The molecule has 2 aromatic carbocycles. The van der Waals surface area contributed by atoms with E-state index in [-0.39, 0.29) is 18.1 Å². The molecule has 1 aliphatic rings. The van der Waals surface area contributed by atoms with E-state index in [1.54, 1.807) is 36.4 Å². The van der Waals surface area contributed by atoms with Crippen LogP contribution in [0.2, 0.25) is 0 Å². The van der Waals surface area contributed by atoms with Crippen LogP contribution in [0.1, 0.15) is 12.0 Å². The van der Waals surface area contributed by atoms with Crippen molar-refractivity contribution in [3.05, 3.63) is 48.0 Å². The minimum Gasteiger partial charge on any atom is -0.399 e. The van der Waals surface area contributed by atoms with E-state index in [2.05, 4.69) is 15.5 Å². The Kier molecular flexibility index (Phi) is 4.23. The Morgan fingerprint density at radius 1 is 1.26 bits per heavy atom. The molecule has 0 spiro atoms. The summed E-state index contributed by atoms with van der Waals surface area (Å²) in [6.07, 6.45) is 0.773. The van der Waals surface area contributed by atoms with Crippen LogP contribution in [0.15, 0.2) is 42.5 Å². The van der Waals surface area contributed by atoms with Gasteiger partial charge in [0.25, 0.3) is 0 Å². The van der Waals surface area contributed by atoms with Crippen molar-refractivity contribution in [2.75, 3.05) is 27.7 Å². The van der Waals surface area contributed by atoms with Crippen LogP contribution in [0.4, 0.5) is 17.2 Å². The highest BCUT2D eigenvalue weighted by atomic mass is 32.2. The number of aromatic amines is 1. The monoisotopic (exact) mass is 385 g/mol. The van der Waals surface area contributed by atoms with Crippen LogP contribution in [-0.4, -0.2) is 36.8 Å². The number of amides is 1. The second kappa shape index (κ2) is 6.58. The molecule has 0 unspecified atom stereocenters. The predicted molar refractivity (Wildman–Crippen MR) is 105 cm³/mol. The molecule has 3 aromatic rings. The Morgan fingerprint density at radius 3 is 2.85 bits per heavy atom. The normalized spacial score (nSPS) is 15.9. The molecule has 2 heterocycles. The van der Waals surface area contributed by atoms with Crippen LogP contribution >= 0.6 is 0 Å². The second-order valence-corrected chi connectivity index (χ2v) is 8.53. The van der Waals surface area contributed by atoms with Crippen molar-refractivity contribution < 1.29 is 13.2 Å². The maximum atomic E-state index is 12.4. The van der Waals surface area contributed by atoms with Crippen molar-refractivity contribution in [1.29, 1.82) is 0 Å². The molecule has 1 aliphatic heterocycles. The number of carbonyl (C=O) groups is 1. The van der Waals surface area contributed by atoms with Crippen molar-refractivity contribution in [3.8, 4) is 0 Å². The highest BCUT2D eigenvalue weighted by Crippen LogP contribution is 2.30. The average Bonchev–Trinajstić information content (AvgIpc) is 3.17. The lowest BCUT2D eigenvalue weighted by molar-refractivity contribution is -0.115. The molecule has 1 saturated heterocycles. The number of hydrogen-bond donors (Lipinski definition) is 3. The molecule has 0 radical (unpaired) electrons. The number of carbonyl (C=O) groups excluding carboxylic acids is 1. The van der Waals surface area contributed by atoms with E-state index in [1.807, 2.05) is 6.07 Å². The van der Waals surface area contributed by atoms with E-state index in [1.165, 1.54) is 4.31 Å². The van der Waals surface area contributed by atoms with Gasteiger partial charge in [-0.25, -0.2) is 8.42 Å². The first-order valence-corrected chi connectivity index (χ1v) is 10.2. The van der Waals surface area contributed by atoms with Gasteiger partial charge in [0.15, 0.2) is 5.82 Å². The quantitative estimate of drug-likeness (QED) is 0.592. The van der Waals surface area contributed by atoms with E-state index in [9.17, 15) is 13.2 Å². The number of sulfonamides is 1. The molecule has 140 valence electrons. The van der Waals surface area contributed by atoms with E-state index < -0.39 is 10.0 Å². The van der Waals surface area contributed by atoms with Gasteiger partial charge >= 0.3 is 0 Å². The number of fused-ring (bicyclic) bond motifs is 1. The molecule has 0 saturated carbocycles. The van der Waals surface area contributed by atoms with Crippen LogP contribution in [0.3, 0.4) is 0 Å². The van der Waals surface area contributed by atoms with Gasteiger partial charge in [-0.15, -0.1) is 0 Å². The molecular formula is C18H19N5O3S. The number of nitrogens with one attached hydrogen (secondary N) is 2. The smallest absolute Gasteiger partial charge is 0.235 e. The number of nitrogens with zero attached hydrogens (tertiary/aromatic N) is 2. The average molecular weight is 385 g/mol. The minimum absolute atomic E-state index is 0.153. The van der Waals surface area contributed by atoms with Crippen LogP contribution < -0.4 is 15.4 Å². The second-order valence-electron chi connectivity index (χ2n) is 6.51. The molecule has 27 heavy (non-hydrogen) atoms. The summed E-state index contributed by atoms with van der Waals surface area (Å²) in [5.74, 6) is 0.297. The summed E-state index contributed by atoms with van der Waals surface area (Å²) < 4.78 is 25.7. The van der Waals surface area contributed by atoms with E-state index in [4.69, 9.17) is 5.73 Å². The summed E-state index contributed by atoms with van der Waals surface area (Å²) in [6.45, 7) is 0.461. The third-order valence-corrected chi connectivity index (χ3v) is 6.38. The molecule has 1 amide bonds. The third-order valence-electron chi connectivity index (χ3n) is 4.51.